The van der Waals surface area contributed by atoms with Crippen molar-refractivity contribution in [2.75, 3.05) is 25.2 Å². The number of carbonyl (C=O) groups is 1. The van der Waals surface area contributed by atoms with Crippen molar-refractivity contribution >= 4 is 21.8 Å². The molecule has 1 atom stereocenters. The molecule has 1 aromatic carbocycles. The highest BCUT2D eigenvalue weighted by molar-refractivity contribution is 7.91. The van der Waals surface area contributed by atoms with Gasteiger partial charge in [0, 0.05) is 12.1 Å². The Morgan fingerprint density at radius 3 is 2.54 bits per heavy atom. The zero-order valence-corrected chi connectivity index (χ0v) is 17.4. The van der Waals surface area contributed by atoms with E-state index in [0.29, 0.717) is 17.9 Å². The second kappa shape index (κ2) is 8.99. The standard InChI is InChI=1S/C21H29NO5S/c1-3-6-16-9-10-19(20(13-16)26-2)27-14-21(23)22(17-7-4-5-8-17)18-11-12-28(24,25)15-18/h3,6,9-10,13,17-18H,4-5,7-8,11-12,14-15H2,1-2H3/b6-3+. The quantitative estimate of drug-likeness (QED) is 0.695. The molecule has 0 bridgehead atoms. The van der Waals surface area contributed by atoms with E-state index in [9.17, 15) is 13.2 Å². The minimum Gasteiger partial charge on any atom is -0.493 e. The Labute approximate surface area is 167 Å². The van der Waals surface area contributed by atoms with Crippen LogP contribution in [0.2, 0.25) is 0 Å². The first-order valence-electron chi connectivity index (χ1n) is 9.88. The highest BCUT2D eigenvalue weighted by atomic mass is 32.2. The van der Waals surface area contributed by atoms with Gasteiger partial charge in [0.1, 0.15) is 0 Å². The molecule has 0 N–H and O–H groups in total. The van der Waals surface area contributed by atoms with Gasteiger partial charge in [0.2, 0.25) is 0 Å². The summed E-state index contributed by atoms with van der Waals surface area (Å²) in [6, 6.07) is 5.44. The fraction of sp³-hybridized carbons (Fsp3) is 0.571. The summed E-state index contributed by atoms with van der Waals surface area (Å²) in [5, 5.41) is 0. The smallest absolute Gasteiger partial charge is 0.261 e. The van der Waals surface area contributed by atoms with E-state index in [1.165, 1.54) is 0 Å². The molecule has 6 nitrogen and oxygen atoms in total. The van der Waals surface area contributed by atoms with Gasteiger partial charge in [-0.2, -0.15) is 0 Å². The van der Waals surface area contributed by atoms with Gasteiger partial charge >= 0.3 is 0 Å². The third kappa shape index (κ3) is 4.87. The maximum Gasteiger partial charge on any atom is 0.261 e. The summed E-state index contributed by atoms with van der Waals surface area (Å²) in [6.07, 6.45) is 8.44. The number of ether oxygens (including phenoxy) is 2. The van der Waals surface area contributed by atoms with E-state index in [-0.39, 0.29) is 36.1 Å². The van der Waals surface area contributed by atoms with Crippen LogP contribution >= 0.6 is 0 Å². The topological polar surface area (TPSA) is 72.9 Å². The van der Waals surface area contributed by atoms with E-state index in [1.807, 2.05) is 31.2 Å². The lowest BCUT2D eigenvalue weighted by atomic mass is 10.1. The Morgan fingerprint density at radius 2 is 1.93 bits per heavy atom. The van der Waals surface area contributed by atoms with Crippen LogP contribution in [-0.2, 0) is 14.6 Å². The van der Waals surface area contributed by atoms with E-state index in [1.54, 1.807) is 18.1 Å². The highest BCUT2D eigenvalue weighted by Crippen LogP contribution is 2.31. The number of benzene rings is 1. The third-order valence-corrected chi connectivity index (χ3v) is 7.26. The van der Waals surface area contributed by atoms with Crippen molar-refractivity contribution in [2.45, 2.75) is 51.1 Å². The molecule has 1 aliphatic heterocycles. The van der Waals surface area contributed by atoms with Gasteiger partial charge in [-0.15, -0.1) is 0 Å². The average molecular weight is 408 g/mol. The van der Waals surface area contributed by atoms with Crippen LogP contribution in [0.4, 0.5) is 0 Å². The molecule has 7 heteroatoms. The fourth-order valence-electron chi connectivity index (χ4n) is 4.20. The van der Waals surface area contributed by atoms with Crippen molar-refractivity contribution in [2.24, 2.45) is 0 Å². The number of hydrogen-bond acceptors (Lipinski definition) is 5. The summed E-state index contributed by atoms with van der Waals surface area (Å²) < 4.78 is 35.1. The van der Waals surface area contributed by atoms with Crippen LogP contribution in [0.3, 0.4) is 0 Å². The lowest BCUT2D eigenvalue weighted by Gasteiger charge is -2.34. The van der Waals surface area contributed by atoms with E-state index < -0.39 is 9.84 Å². The lowest BCUT2D eigenvalue weighted by Crippen LogP contribution is -2.48. The molecular formula is C21H29NO5S. The number of rotatable bonds is 7. The molecule has 1 saturated carbocycles. The molecule has 0 aromatic heterocycles. The Balaban J connectivity index is 1.72. The summed E-state index contributed by atoms with van der Waals surface area (Å²) in [4.78, 5) is 14.8. The Bertz CT molecular complexity index is 827. The van der Waals surface area contributed by atoms with Gasteiger partial charge in [0.15, 0.2) is 27.9 Å². The predicted molar refractivity (Wildman–Crippen MR) is 109 cm³/mol. The zero-order valence-electron chi connectivity index (χ0n) is 16.6. The molecule has 2 aliphatic rings. The molecule has 1 heterocycles. The van der Waals surface area contributed by atoms with Crippen molar-refractivity contribution < 1.29 is 22.7 Å². The largest absolute Gasteiger partial charge is 0.493 e. The van der Waals surface area contributed by atoms with Crippen LogP contribution in [0.5, 0.6) is 11.5 Å². The fourth-order valence-corrected chi connectivity index (χ4v) is 5.91. The zero-order chi connectivity index (χ0) is 20.1. The Hall–Kier alpha value is -2.02. The average Bonchev–Trinajstić information content (AvgIpc) is 3.31. The number of allylic oxidation sites excluding steroid dienone is 1. The van der Waals surface area contributed by atoms with Gasteiger partial charge in [-0.05, 0) is 43.9 Å². The maximum atomic E-state index is 13.0. The molecule has 1 aromatic rings. The molecule has 2 fully saturated rings. The summed E-state index contributed by atoms with van der Waals surface area (Å²) in [5.41, 5.74) is 0.988. The summed E-state index contributed by atoms with van der Waals surface area (Å²) >= 11 is 0. The normalized spacial score (nSPS) is 21.9. The van der Waals surface area contributed by atoms with Crippen molar-refractivity contribution in [3.63, 3.8) is 0 Å². The molecule has 28 heavy (non-hydrogen) atoms. The lowest BCUT2D eigenvalue weighted by molar-refractivity contribution is -0.137. The number of methoxy groups -OCH3 is 1. The van der Waals surface area contributed by atoms with Crippen LogP contribution in [0, 0.1) is 0 Å². The molecule has 1 unspecified atom stereocenters. The van der Waals surface area contributed by atoms with Gasteiger partial charge in [-0.3, -0.25) is 4.79 Å². The summed E-state index contributed by atoms with van der Waals surface area (Å²) in [6.45, 7) is 1.82. The van der Waals surface area contributed by atoms with E-state index >= 15 is 0 Å². The molecule has 1 aliphatic carbocycles. The first-order valence-corrected chi connectivity index (χ1v) is 11.7. The van der Waals surface area contributed by atoms with Gasteiger partial charge < -0.3 is 14.4 Å². The van der Waals surface area contributed by atoms with E-state index in [0.717, 1.165) is 31.2 Å². The van der Waals surface area contributed by atoms with Crippen LogP contribution < -0.4 is 9.47 Å². The Morgan fingerprint density at radius 1 is 1.18 bits per heavy atom. The van der Waals surface area contributed by atoms with E-state index in [2.05, 4.69) is 0 Å². The number of amides is 1. The Kier molecular flexibility index (Phi) is 6.65. The van der Waals surface area contributed by atoms with Crippen molar-refractivity contribution in [3.8, 4) is 11.5 Å². The number of hydrogen-bond donors (Lipinski definition) is 0. The minimum absolute atomic E-state index is 0.0661. The monoisotopic (exact) mass is 407 g/mol. The molecular weight excluding hydrogens is 378 g/mol. The molecule has 0 radical (unpaired) electrons. The van der Waals surface area contributed by atoms with Crippen LogP contribution in [-0.4, -0.2) is 56.5 Å². The summed E-state index contributed by atoms with van der Waals surface area (Å²) in [7, 11) is -1.49. The molecule has 154 valence electrons. The third-order valence-electron chi connectivity index (χ3n) is 5.51. The molecule has 1 saturated heterocycles. The first kappa shape index (κ1) is 20.7. The number of sulfone groups is 1. The van der Waals surface area contributed by atoms with E-state index in [4.69, 9.17) is 9.47 Å². The first-order chi connectivity index (χ1) is 13.4. The minimum atomic E-state index is -3.05. The van der Waals surface area contributed by atoms with Gasteiger partial charge in [0.25, 0.3) is 5.91 Å². The van der Waals surface area contributed by atoms with Gasteiger partial charge in [-0.1, -0.05) is 31.1 Å². The van der Waals surface area contributed by atoms with Crippen LogP contribution in [0.1, 0.15) is 44.6 Å². The van der Waals surface area contributed by atoms with Gasteiger partial charge in [0.05, 0.1) is 18.6 Å². The van der Waals surface area contributed by atoms with Crippen LogP contribution in [0.15, 0.2) is 24.3 Å². The van der Waals surface area contributed by atoms with Crippen molar-refractivity contribution in [3.05, 3.63) is 29.8 Å². The molecule has 0 spiro atoms. The number of carbonyl (C=O) groups excluding carboxylic acids is 1. The predicted octanol–water partition coefficient (Wildman–Crippen LogP) is 3.07. The summed E-state index contributed by atoms with van der Waals surface area (Å²) in [5.74, 6) is 1.16. The van der Waals surface area contributed by atoms with Crippen LogP contribution in [0.25, 0.3) is 6.08 Å². The molecule has 1 amide bonds. The van der Waals surface area contributed by atoms with Crippen molar-refractivity contribution in [1.82, 2.24) is 4.90 Å². The van der Waals surface area contributed by atoms with Crippen molar-refractivity contribution in [1.29, 1.82) is 0 Å². The molecule has 3 rings (SSSR count). The second-order valence-electron chi connectivity index (χ2n) is 7.50. The second-order valence-corrected chi connectivity index (χ2v) is 9.72. The highest BCUT2D eigenvalue weighted by Gasteiger charge is 2.39. The SMILES string of the molecule is C/C=C/c1ccc(OCC(=O)N(C2CCCC2)C2CCS(=O)(=O)C2)c(OC)c1. The van der Waals surface area contributed by atoms with Gasteiger partial charge in [-0.25, -0.2) is 8.42 Å². The maximum absolute atomic E-state index is 13.0. The number of nitrogens with zero attached hydrogens (tertiary/aromatic N) is 1.